The Balaban J connectivity index is 3.17. The lowest BCUT2D eigenvalue weighted by atomic mass is 10.1. The van der Waals surface area contributed by atoms with E-state index in [-0.39, 0.29) is 12.3 Å². The van der Waals surface area contributed by atoms with Gasteiger partial charge in [0.15, 0.2) is 0 Å². The number of nitrogens with two attached hydrogens (primary N) is 1. The molecule has 0 aliphatic carbocycles. The quantitative estimate of drug-likeness (QED) is 0.309. The molecule has 1 unspecified atom stereocenters. The maximum atomic E-state index is 11.3. The highest BCUT2D eigenvalue weighted by Crippen LogP contribution is 2.09. The maximum Gasteiger partial charge on any atom is 0.303 e. The highest BCUT2D eigenvalue weighted by Gasteiger charge is 2.09. The second kappa shape index (κ2) is 13.2. The fourth-order valence-electron chi connectivity index (χ4n) is 1.89. The van der Waals surface area contributed by atoms with E-state index in [1.54, 1.807) is 0 Å². The second-order valence-corrected chi connectivity index (χ2v) is 5.42. The van der Waals surface area contributed by atoms with Gasteiger partial charge in [-0.15, -0.1) is 0 Å². The molecule has 4 N–H and O–H groups in total. The molecule has 20 heavy (non-hydrogen) atoms. The zero-order valence-electron chi connectivity index (χ0n) is 12.1. The van der Waals surface area contributed by atoms with Crippen molar-refractivity contribution >= 4 is 24.5 Å². The molecular weight excluding hydrogens is 276 g/mol. The standard InChI is InChI=1S/C14H28N2O3S/c15-12(11-20)14(19)16-10-8-6-4-2-1-3-5-7-9-13(17)18/h12,20H,1-11,15H2,(H,16,19)(H,17,18). The van der Waals surface area contributed by atoms with E-state index in [1.165, 1.54) is 6.42 Å². The number of rotatable bonds is 13. The summed E-state index contributed by atoms with van der Waals surface area (Å²) in [6.07, 6.45) is 8.77. The number of aliphatic carboxylic acids is 1. The van der Waals surface area contributed by atoms with Crippen molar-refractivity contribution in [2.45, 2.75) is 63.8 Å². The van der Waals surface area contributed by atoms with E-state index in [0.29, 0.717) is 12.3 Å². The van der Waals surface area contributed by atoms with Gasteiger partial charge in [0.1, 0.15) is 0 Å². The van der Waals surface area contributed by atoms with Gasteiger partial charge in [-0.05, 0) is 12.8 Å². The van der Waals surface area contributed by atoms with Gasteiger partial charge < -0.3 is 16.2 Å². The molecule has 0 aromatic carbocycles. The number of carbonyl (C=O) groups excluding carboxylic acids is 1. The van der Waals surface area contributed by atoms with Gasteiger partial charge in [-0.3, -0.25) is 9.59 Å². The third-order valence-electron chi connectivity index (χ3n) is 3.15. The number of hydrogen-bond donors (Lipinski definition) is 4. The summed E-state index contributed by atoms with van der Waals surface area (Å²) >= 11 is 3.97. The van der Waals surface area contributed by atoms with Crippen LogP contribution >= 0.6 is 12.6 Å². The third-order valence-corrected chi connectivity index (χ3v) is 3.54. The Morgan fingerprint density at radius 2 is 1.50 bits per heavy atom. The lowest BCUT2D eigenvalue weighted by molar-refractivity contribution is -0.137. The van der Waals surface area contributed by atoms with E-state index in [2.05, 4.69) is 17.9 Å². The van der Waals surface area contributed by atoms with Crippen LogP contribution in [0.5, 0.6) is 0 Å². The van der Waals surface area contributed by atoms with Crippen molar-refractivity contribution < 1.29 is 14.7 Å². The highest BCUT2D eigenvalue weighted by atomic mass is 32.1. The average Bonchev–Trinajstić information content (AvgIpc) is 2.43. The number of unbranched alkanes of at least 4 members (excludes halogenated alkanes) is 7. The number of carbonyl (C=O) groups is 2. The van der Waals surface area contributed by atoms with Crippen LogP contribution in [0.25, 0.3) is 0 Å². The first-order valence-corrected chi connectivity index (χ1v) is 8.07. The third kappa shape index (κ3) is 12.3. The molecule has 0 radical (unpaired) electrons. The van der Waals surface area contributed by atoms with E-state index >= 15 is 0 Å². The predicted molar refractivity (Wildman–Crippen MR) is 84.0 cm³/mol. The summed E-state index contributed by atoms with van der Waals surface area (Å²) in [6.45, 7) is 0.679. The van der Waals surface area contributed by atoms with Crippen molar-refractivity contribution in [2.24, 2.45) is 5.73 Å². The minimum Gasteiger partial charge on any atom is -0.481 e. The molecule has 0 fully saturated rings. The van der Waals surface area contributed by atoms with Crippen LogP contribution in [-0.4, -0.2) is 35.3 Å². The molecule has 0 aliphatic heterocycles. The molecule has 0 saturated carbocycles. The molecule has 0 heterocycles. The van der Waals surface area contributed by atoms with Crippen molar-refractivity contribution in [2.75, 3.05) is 12.3 Å². The first kappa shape index (κ1) is 19.2. The van der Waals surface area contributed by atoms with Crippen LogP contribution in [0, 0.1) is 0 Å². The maximum absolute atomic E-state index is 11.3. The van der Waals surface area contributed by atoms with Gasteiger partial charge in [0.2, 0.25) is 5.91 Å². The predicted octanol–water partition coefficient (Wildman–Crippen LogP) is 1.96. The van der Waals surface area contributed by atoms with Crippen LogP contribution in [0.2, 0.25) is 0 Å². The molecule has 5 nitrogen and oxygen atoms in total. The SMILES string of the molecule is NC(CS)C(=O)NCCCCCCCCCCC(=O)O. The van der Waals surface area contributed by atoms with Crippen molar-refractivity contribution in [3.8, 4) is 0 Å². The summed E-state index contributed by atoms with van der Waals surface area (Å²) in [5, 5.41) is 11.3. The Labute approximate surface area is 127 Å². The smallest absolute Gasteiger partial charge is 0.303 e. The van der Waals surface area contributed by atoms with Gasteiger partial charge in [-0.25, -0.2) is 0 Å². The van der Waals surface area contributed by atoms with Gasteiger partial charge in [-0.1, -0.05) is 38.5 Å². The first-order chi connectivity index (χ1) is 9.57. The average molecular weight is 304 g/mol. The molecule has 0 aliphatic rings. The van der Waals surface area contributed by atoms with E-state index in [1.807, 2.05) is 0 Å². The molecule has 0 rings (SSSR count). The van der Waals surface area contributed by atoms with Crippen molar-refractivity contribution in [1.29, 1.82) is 0 Å². The number of amides is 1. The van der Waals surface area contributed by atoms with Gasteiger partial charge in [0.25, 0.3) is 0 Å². The second-order valence-electron chi connectivity index (χ2n) is 5.05. The largest absolute Gasteiger partial charge is 0.481 e. The van der Waals surface area contributed by atoms with Crippen molar-refractivity contribution in [3.05, 3.63) is 0 Å². The fourth-order valence-corrected chi connectivity index (χ4v) is 2.05. The van der Waals surface area contributed by atoms with Crippen molar-refractivity contribution in [3.63, 3.8) is 0 Å². The number of thiol groups is 1. The molecule has 6 heteroatoms. The molecular formula is C14H28N2O3S. The van der Waals surface area contributed by atoms with Gasteiger partial charge in [0, 0.05) is 18.7 Å². The summed E-state index contributed by atoms with van der Waals surface area (Å²) < 4.78 is 0. The van der Waals surface area contributed by atoms with E-state index < -0.39 is 12.0 Å². The van der Waals surface area contributed by atoms with Crippen LogP contribution in [0.15, 0.2) is 0 Å². The Morgan fingerprint density at radius 3 is 2.00 bits per heavy atom. The molecule has 0 spiro atoms. The van der Waals surface area contributed by atoms with Crippen LogP contribution in [-0.2, 0) is 9.59 Å². The summed E-state index contributed by atoms with van der Waals surface area (Å²) in [4.78, 5) is 21.6. The molecule has 0 aromatic heterocycles. The monoisotopic (exact) mass is 304 g/mol. The van der Waals surface area contributed by atoms with E-state index in [0.717, 1.165) is 44.9 Å². The Hall–Kier alpha value is -0.750. The molecule has 1 amide bonds. The van der Waals surface area contributed by atoms with E-state index in [4.69, 9.17) is 10.8 Å². The normalized spacial score (nSPS) is 12.1. The first-order valence-electron chi connectivity index (χ1n) is 7.44. The van der Waals surface area contributed by atoms with Gasteiger partial charge >= 0.3 is 5.97 Å². The Bertz CT molecular complexity index is 275. The fraction of sp³-hybridized carbons (Fsp3) is 0.857. The number of hydrogen-bond acceptors (Lipinski definition) is 4. The lowest BCUT2D eigenvalue weighted by Crippen LogP contribution is -2.42. The number of nitrogens with one attached hydrogen (secondary N) is 1. The van der Waals surface area contributed by atoms with Crippen LogP contribution in [0.4, 0.5) is 0 Å². The number of carboxylic acid groups (broad SMARTS) is 1. The highest BCUT2D eigenvalue weighted by molar-refractivity contribution is 7.80. The molecule has 1 atom stereocenters. The van der Waals surface area contributed by atoms with Crippen LogP contribution < -0.4 is 11.1 Å². The van der Waals surface area contributed by atoms with Crippen LogP contribution in [0.3, 0.4) is 0 Å². The van der Waals surface area contributed by atoms with E-state index in [9.17, 15) is 9.59 Å². The molecule has 0 saturated heterocycles. The zero-order chi connectivity index (χ0) is 15.2. The van der Waals surface area contributed by atoms with Crippen LogP contribution in [0.1, 0.15) is 57.8 Å². The summed E-state index contributed by atoms with van der Waals surface area (Å²) in [6, 6.07) is -0.510. The summed E-state index contributed by atoms with van der Waals surface area (Å²) in [5.74, 6) is -0.462. The molecule has 0 aromatic rings. The van der Waals surface area contributed by atoms with Crippen molar-refractivity contribution in [1.82, 2.24) is 5.32 Å². The topological polar surface area (TPSA) is 92.4 Å². The lowest BCUT2D eigenvalue weighted by Gasteiger charge is -2.09. The van der Waals surface area contributed by atoms with Gasteiger partial charge in [0.05, 0.1) is 6.04 Å². The Morgan fingerprint density at radius 1 is 1.00 bits per heavy atom. The molecule has 118 valence electrons. The Kier molecular flexibility index (Phi) is 12.7. The molecule has 0 bridgehead atoms. The number of carboxylic acids is 1. The minimum absolute atomic E-state index is 0.126. The minimum atomic E-state index is -0.704. The zero-order valence-corrected chi connectivity index (χ0v) is 13.0. The summed E-state index contributed by atoms with van der Waals surface area (Å²) in [7, 11) is 0. The van der Waals surface area contributed by atoms with Gasteiger partial charge in [-0.2, -0.15) is 12.6 Å². The summed E-state index contributed by atoms with van der Waals surface area (Å²) in [5.41, 5.74) is 5.53.